The Morgan fingerprint density at radius 3 is 2.38 bits per heavy atom. The molecule has 5 rings (SSSR count). The predicted molar refractivity (Wildman–Crippen MR) is 157 cm³/mol. The first-order valence-electron chi connectivity index (χ1n) is 12.6. The van der Waals surface area contributed by atoms with Gasteiger partial charge in [-0.05, 0) is 92.3 Å². The van der Waals surface area contributed by atoms with Crippen LogP contribution in [-0.2, 0) is 4.79 Å². The van der Waals surface area contributed by atoms with Crippen LogP contribution in [0.15, 0.2) is 72.9 Å². The van der Waals surface area contributed by atoms with Gasteiger partial charge >= 0.3 is 0 Å². The fourth-order valence-corrected chi connectivity index (χ4v) is 5.64. The summed E-state index contributed by atoms with van der Waals surface area (Å²) in [5.41, 5.74) is 6.64. The van der Waals surface area contributed by atoms with Crippen LogP contribution < -0.4 is 25.0 Å². The molecule has 4 aromatic rings. The van der Waals surface area contributed by atoms with Crippen LogP contribution in [0.2, 0.25) is 0 Å². The maximum Gasteiger partial charge on any atom is 0.221 e. The van der Waals surface area contributed by atoms with E-state index in [0.717, 1.165) is 39.8 Å². The number of rotatable bonds is 7. The number of nitrogens with one attached hydrogen (secondary N) is 2. The molecule has 2 aromatic heterocycles. The average Bonchev–Trinajstić information content (AvgIpc) is 3.43. The van der Waals surface area contributed by atoms with E-state index in [-0.39, 0.29) is 18.0 Å². The van der Waals surface area contributed by atoms with E-state index in [0.29, 0.717) is 16.5 Å². The second-order valence-electron chi connectivity index (χ2n) is 9.42. The van der Waals surface area contributed by atoms with E-state index in [1.807, 2.05) is 48.5 Å². The van der Waals surface area contributed by atoms with Crippen LogP contribution >= 0.6 is 12.2 Å². The van der Waals surface area contributed by atoms with Gasteiger partial charge in [0.05, 0.1) is 37.7 Å². The molecular formula is C30H31N5O3S. The summed E-state index contributed by atoms with van der Waals surface area (Å²) >= 11 is 5.92. The van der Waals surface area contributed by atoms with Crippen molar-refractivity contribution in [2.24, 2.45) is 0 Å². The van der Waals surface area contributed by atoms with E-state index in [9.17, 15) is 4.79 Å². The van der Waals surface area contributed by atoms with Crippen molar-refractivity contribution in [1.29, 1.82) is 0 Å². The summed E-state index contributed by atoms with van der Waals surface area (Å²) in [7, 11) is 3.24. The van der Waals surface area contributed by atoms with Crippen molar-refractivity contribution in [3.8, 4) is 17.2 Å². The second-order valence-corrected chi connectivity index (χ2v) is 9.81. The number of thiocarbonyl (C=S) groups is 1. The van der Waals surface area contributed by atoms with Crippen molar-refractivity contribution in [3.63, 3.8) is 0 Å². The molecule has 1 aliphatic rings. The largest absolute Gasteiger partial charge is 0.497 e. The lowest BCUT2D eigenvalue weighted by molar-refractivity contribution is -0.114. The Hall–Kier alpha value is -4.37. The number of benzene rings is 2. The van der Waals surface area contributed by atoms with Gasteiger partial charge in [-0.25, -0.2) is 0 Å². The third kappa shape index (κ3) is 4.93. The molecule has 8 nitrogen and oxygen atoms in total. The maximum absolute atomic E-state index is 11.9. The number of nitrogens with zero attached hydrogens (tertiary/aromatic N) is 3. The van der Waals surface area contributed by atoms with E-state index in [1.54, 1.807) is 20.4 Å². The molecule has 2 aromatic carbocycles. The van der Waals surface area contributed by atoms with Gasteiger partial charge in [0.25, 0.3) is 0 Å². The molecule has 1 saturated heterocycles. The van der Waals surface area contributed by atoms with E-state index in [4.69, 9.17) is 21.7 Å². The third-order valence-electron chi connectivity index (χ3n) is 6.99. The zero-order valence-corrected chi connectivity index (χ0v) is 23.4. The van der Waals surface area contributed by atoms with Gasteiger partial charge in [-0.3, -0.25) is 9.78 Å². The van der Waals surface area contributed by atoms with Crippen LogP contribution in [0.1, 0.15) is 41.7 Å². The number of anilines is 2. The summed E-state index contributed by atoms with van der Waals surface area (Å²) in [6.07, 6.45) is 1.79. The van der Waals surface area contributed by atoms with Crippen LogP contribution in [0.25, 0.3) is 5.69 Å². The topological polar surface area (TPSA) is 80.7 Å². The standard InChI is InChI=1S/C30H31N5O3S/c1-18-16-24(19(2)34(18)21-9-12-23(37-4)13-10-21)29-28(25-8-6-7-15-31-25)33-30(39)35(29)22-11-14-27(38-5)26(17-22)32-20(3)36/h6-17,28-29H,1-5H3,(H,32,36)(H,33,39)/t28-,29+/m0/s1. The Kier molecular flexibility index (Phi) is 7.26. The first kappa shape index (κ1) is 26.2. The van der Waals surface area contributed by atoms with Crippen molar-refractivity contribution in [2.45, 2.75) is 32.9 Å². The van der Waals surface area contributed by atoms with Crippen LogP contribution in [-0.4, -0.2) is 34.8 Å². The Morgan fingerprint density at radius 2 is 1.74 bits per heavy atom. The number of carbonyl (C=O) groups is 1. The third-order valence-corrected chi connectivity index (χ3v) is 7.30. The van der Waals surface area contributed by atoms with Gasteiger partial charge < -0.3 is 29.6 Å². The number of ether oxygens (including phenoxy) is 2. The lowest BCUT2D eigenvalue weighted by Crippen LogP contribution is -2.29. The normalized spacial score (nSPS) is 16.6. The van der Waals surface area contributed by atoms with Crippen molar-refractivity contribution in [3.05, 3.63) is 95.6 Å². The first-order chi connectivity index (χ1) is 18.8. The molecule has 0 bridgehead atoms. The van der Waals surface area contributed by atoms with Gasteiger partial charge in [0.1, 0.15) is 11.5 Å². The molecule has 1 aliphatic heterocycles. The lowest BCUT2D eigenvalue weighted by atomic mass is 9.96. The molecule has 39 heavy (non-hydrogen) atoms. The molecule has 0 unspecified atom stereocenters. The SMILES string of the molecule is COc1ccc(-n2c(C)cc([C@@H]3[C@H](c4ccccn4)NC(=S)N3c3ccc(OC)c(NC(C)=O)c3)c2C)cc1. The van der Waals surface area contributed by atoms with E-state index < -0.39 is 0 Å². The number of amides is 1. The number of aryl methyl sites for hydroxylation is 1. The number of pyridine rings is 1. The minimum absolute atomic E-state index is 0.182. The smallest absolute Gasteiger partial charge is 0.221 e. The molecule has 9 heteroatoms. The molecular weight excluding hydrogens is 510 g/mol. The van der Waals surface area contributed by atoms with Gasteiger partial charge in [0.2, 0.25) is 5.91 Å². The molecule has 2 atom stereocenters. The Labute approximate surface area is 233 Å². The summed E-state index contributed by atoms with van der Waals surface area (Å²) in [5.74, 6) is 1.20. The molecule has 3 heterocycles. The second kappa shape index (κ2) is 10.8. The van der Waals surface area contributed by atoms with Gasteiger partial charge in [0, 0.05) is 35.9 Å². The minimum atomic E-state index is -0.204. The number of aromatic nitrogens is 2. The lowest BCUT2D eigenvalue weighted by Gasteiger charge is -2.29. The number of hydrogen-bond acceptors (Lipinski definition) is 5. The molecule has 0 aliphatic carbocycles. The van der Waals surface area contributed by atoms with Gasteiger partial charge in [-0.15, -0.1) is 0 Å². The predicted octanol–water partition coefficient (Wildman–Crippen LogP) is 5.64. The summed E-state index contributed by atoms with van der Waals surface area (Å²) in [6.45, 7) is 5.70. The fraction of sp³-hybridized carbons (Fsp3) is 0.233. The molecule has 0 saturated carbocycles. The van der Waals surface area contributed by atoms with Gasteiger partial charge in [0.15, 0.2) is 5.11 Å². The van der Waals surface area contributed by atoms with Crippen LogP contribution in [0.4, 0.5) is 11.4 Å². The zero-order valence-electron chi connectivity index (χ0n) is 22.6. The Bertz CT molecular complexity index is 1520. The highest BCUT2D eigenvalue weighted by molar-refractivity contribution is 7.80. The molecule has 200 valence electrons. The Balaban J connectivity index is 1.66. The highest BCUT2D eigenvalue weighted by atomic mass is 32.1. The highest BCUT2D eigenvalue weighted by Gasteiger charge is 2.42. The van der Waals surface area contributed by atoms with E-state index in [2.05, 4.69) is 57.1 Å². The first-order valence-corrected chi connectivity index (χ1v) is 13.0. The van der Waals surface area contributed by atoms with E-state index in [1.165, 1.54) is 6.92 Å². The van der Waals surface area contributed by atoms with Crippen molar-refractivity contribution >= 4 is 34.6 Å². The van der Waals surface area contributed by atoms with Crippen LogP contribution in [0.3, 0.4) is 0 Å². The highest BCUT2D eigenvalue weighted by Crippen LogP contribution is 2.45. The number of carbonyl (C=O) groups excluding carboxylic acids is 1. The van der Waals surface area contributed by atoms with Crippen LogP contribution in [0, 0.1) is 13.8 Å². The van der Waals surface area contributed by atoms with Crippen molar-refractivity contribution in [2.75, 3.05) is 24.4 Å². The van der Waals surface area contributed by atoms with Crippen LogP contribution in [0.5, 0.6) is 11.5 Å². The molecule has 0 radical (unpaired) electrons. The monoisotopic (exact) mass is 541 g/mol. The molecule has 0 spiro atoms. The molecule has 1 fully saturated rings. The Morgan fingerprint density at radius 1 is 1.00 bits per heavy atom. The summed E-state index contributed by atoms with van der Waals surface area (Å²) in [4.78, 5) is 18.7. The fourth-order valence-electron chi connectivity index (χ4n) is 5.30. The summed E-state index contributed by atoms with van der Waals surface area (Å²) in [5, 5.41) is 6.97. The number of methoxy groups -OCH3 is 2. The molecule has 1 amide bonds. The van der Waals surface area contributed by atoms with Gasteiger partial charge in [-0.2, -0.15) is 0 Å². The average molecular weight is 542 g/mol. The van der Waals surface area contributed by atoms with Crippen molar-refractivity contribution in [1.82, 2.24) is 14.9 Å². The zero-order chi connectivity index (χ0) is 27.7. The summed E-state index contributed by atoms with van der Waals surface area (Å²) in [6, 6.07) is 21.4. The quantitative estimate of drug-likeness (QED) is 0.293. The molecule has 2 N–H and O–H groups in total. The minimum Gasteiger partial charge on any atom is -0.497 e. The van der Waals surface area contributed by atoms with Crippen molar-refractivity contribution < 1.29 is 14.3 Å². The summed E-state index contributed by atoms with van der Waals surface area (Å²) < 4.78 is 13.1. The maximum atomic E-state index is 11.9. The van der Waals surface area contributed by atoms with Gasteiger partial charge in [-0.1, -0.05) is 6.07 Å². The number of hydrogen-bond donors (Lipinski definition) is 2. The van der Waals surface area contributed by atoms with E-state index >= 15 is 0 Å².